The maximum atomic E-state index is 10.2. The Morgan fingerprint density at radius 1 is 1.50 bits per heavy atom. The zero-order chi connectivity index (χ0) is 9.97. The van der Waals surface area contributed by atoms with Crippen molar-refractivity contribution in [2.24, 2.45) is 16.6 Å². The summed E-state index contributed by atoms with van der Waals surface area (Å²) in [6.07, 6.45) is 7.66. The first-order chi connectivity index (χ1) is 6.79. The lowest BCUT2D eigenvalue weighted by atomic mass is 9.88. The molecule has 0 aliphatic heterocycles. The van der Waals surface area contributed by atoms with Gasteiger partial charge in [0.2, 0.25) is 0 Å². The van der Waals surface area contributed by atoms with E-state index in [1.165, 1.54) is 12.8 Å². The zero-order valence-electron chi connectivity index (χ0n) is 8.07. The number of aliphatic imine (C=N–C) groups is 1. The Bertz CT molecular complexity index is 325. The molecular weight excluding hydrogens is 176 g/mol. The summed E-state index contributed by atoms with van der Waals surface area (Å²) in [5.74, 6) is 2.52. The van der Waals surface area contributed by atoms with E-state index in [0.717, 1.165) is 24.1 Å². The molecule has 0 bridgehead atoms. The fourth-order valence-corrected chi connectivity index (χ4v) is 1.50. The first kappa shape index (κ1) is 9.22. The van der Waals surface area contributed by atoms with Gasteiger partial charge in [-0.05, 0) is 24.8 Å². The van der Waals surface area contributed by atoms with Gasteiger partial charge in [0.15, 0.2) is 0 Å². The fourth-order valence-electron chi connectivity index (χ4n) is 1.50. The molecule has 0 spiro atoms. The first-order valence-corrected chi connectivity index (χ1v) is 5.01. The Morgan fingerprint density at radius 2 is 2.21 bits per heavy atom. The van der Waals surface area contributed by atoms with Crippen LogP contribution in [0, 0.1) is 5.92 Å². The summed E-state index contributed by atoms with van der Waals surface area (Å²) >= 11 is 0. The van der Waals surface area contributed by atoms with Crippen LogP contribution in [0.3, 0.4) is 0 Å². The van der Waals surface area contributed by atoms with Crippen molar-refractivity contribution in [1.82, 2.24) is 0 Å². The number of carbonyl (C=O) groups excluding carboxylic acids is 1. The van der Waals surface area contributed by atoms with Crippen molar-refractivity contribution in [3.63, 3.8) is 0 Å². The summed E-state index contributed by atoms with van der Waals surface area (Å²) in [4.78, 5) is 14.5. The van der Waals surface area contributed by atoms with Crippen LogP contribution in [-0.4, -0.2) is 18.2 Å². The van der Waals surface area contributed by atoms with Crippen LogP contribution in [0.15, 0.2) is 22.3 Å². The molecule has 2 fully saturated rings. The quantitative estimate of drug-likeness (QED) is 0.537. The standard InChI is InChI=1S/C11H14N2O/c12-11(9-1-2-9)3-4-13-10-5-8(6-10)7-14/h3-4,9-10H,1-2,5-6,12H2. The number of hydrogen-bond acceptors (Lipinski definition) is 3. The third-order valence-electron chi connectivity index (χ3n) is 2.72. The van der Waals surface area contributed by atoms with Crippen LogP contribution in [0.2, 0.25) is 0 Å². The van der Waals surface area contributed by atoms with E-state index < -0.39 is 0 Å². The van der Waals surface area contributed by atoms with Crippen LogP contribution in [0.25, 0.3) is 0 Å². The van der Waals surface area contributed by atoms with E-state index in [1.54, 1.807) is 6.21 Å². The normalized spacial score (nSPS) is 27.6. The predicted octanol–water partition coefficient (Wildman–Crippen LogP) is 1.23. The van der Waals surface area contributed by atoms with Crippen LogP contribution in [0.4, 0.5) is 0 Å². The van der Waals surface area contributed by atoms with Gasteiger partial charge >= 0.3 is 0 Å². The van der Waals surface area contributed by atoms with Crippen LogP contribution in [0.5, 0.6) is 0 Å². The molecule has 3 nitrogen and oxygen atoms in total. The molecule has 74 valence electrons. The Balaban J connectivity index is 1.78. The Kier molecular flexibility index (Phi) is 2.51. The first-order valence-electron chi connectivity index (χ1n) is 5.01. The molecule has 2 rings (SSSR count). The minimum absolute atomic E-state index is 0.287. The van der Waals surface area contributed by atoms with E-state index in [2.05, 4.69) is 4.99 Å². The van der Waals surface area contributed by atoms with E-state index in [1.807, 2.05) is 12.0 Å². The third-order valence-corrected chi connectivity index (χ3v) is 2.72. The molecule has 14 heavy (non-hydrogen) atoms. The van der Waals surface area contributed by atoms with Gasteiger partial charge < -0.3 is 5.73 Å². The van der Waals surface area contributed by atoms with Gasteiger partial charge in [-0.25, -0.2) is 4.79 Å². The van der Waals surface area contributed by atoms with E-state index in [4.69, 9.17) is 5.73 Å². The average molecular weight is 190 g/mol. The van der Waals surface area contributed by atoms with Gasteiger partial charge in [0.25, 0.3) is 0 Å². The van der Waals surface area contributed by atoms with Crippen molar-refractivity contribution in [3.8, 4) is 0 Å². The Morgan fingerprint density at radius 3 is 2.79 bits per heavy atom. The minimum atomic E-state index is 0.287. The average Bonchev–Trinajstić information content (AvgIpc) is 2.91. The van der Waals surface area contributed by atoms with Gasteiger partial charge in [-0.1, -0.05) is 0 Å². The van der Waals surface area contributed by atoms with Crippen molar-refractivity contribution in [2.75, 3.05) is 0 Å². The van der Waals surface area contributed by atoms with Crippen molar-refractivity contribution in [3.05, 3.63) is 17.3 Å². The van der Waals surface area contributed by atoms with Crippen molar-refractivity contribution in [1.29, 1.82) is 0 Å². The highest BCUT2D eigenvalue weighted by Crippen LogP contribution is 2.33. The van der Waals surface area contributed by atoms with Gasteiger partial charge in [0, 0.05) is 30.3 Å². The summed E-state index contributed by atoms with van der Waals surface area (Å²) in [6, 6.07) is 0.287. The summed E-state index contributed by atoms with van der Waals surface area (Å²) in [5, 5.41) is 0. The SMILES string of the molecule is NC(=CC=NC1CC(=C=O)C1)C1CC1. The highest BCUT2D eigenvalue weighted by Gasteiger charge is 2.24. The molecule has 0 aromatic heterocycles. The summed E-state index contributed by atoms with van der Waals surface area (Å²) in [6.45, 7) is 0. The molecule has 0 aromatic rings. The highest BCUT2D eigenvalue weighted by atomic mass is 16.1. The van der Waals surface area contributed by atoms with Gasteiger partial charge in [-0.2, -0.15) is 0 Å². The molecule has 0 atom stereocenters. The molecule has 2 N–H and O–H groups in total. The highest BCUT2D eigenvalue weighted by molar-refractivity contribution is 5.72. The smallest absolute Gasteiger partial charge is 0.123 e. The topological polar surface area (TPSA) is 55.4 Å². The Labute approximate surface area is 83.4 Å². The lowest BCUT2D eigenvalue weighted by molar-refractivity contribution is 0.526. The van der Waals surface area contributed by atoms with E-state index >= 15 is 0 Å². The number of nitrogens with two attached hydrogens (primary N) is 1. The second-order valence-electron chi connectivity index (χ2n) is 4.01. The number of nitrogens with zero attached hydrogens (tertiary/aromatic N) is 1. The lowest BCUT2D eigenvalue weighted by Crippen LogP contribution is -2.19. The number of hydrogen-bond donors (Lipinski definition) is 1. The van der Waals surface area contributed by atoms with Crippen LogP contribution < -0.4 is 5.73 Å². The monoisotopic (exact) mass is 190 g/mol. The molecule has 2 saturated carbocycles. The number of allylic oxidation sites excluding steroid dienone is 2. The molecule has 0 heterocycles. The third kappa shape index (κ3) is 2.12. The maximum absolute atomic E-state index is 10.2. The van der Waals surface area contributed by atoms with Gasteiger partial charge in [0.1, 0.15) is 5.94 Å². The van der Waals surface area contributed by atoms with E-state index in [-0.39, 0.29) is 6.04 Å². The second kappa shape index (κ2) is 3.81. The molecular formula is C11H14N2O. The second-order valence-corrected chi connectivity index (χ2v) is 4.01. The van der Waals surface area contributed by atoms with E-state index in [0.29, 0.717) is 5.92 Å². The molecule has 0 saturated heterocycles. The van der Waals surface area contributed by atoms with Crippen LogP contribution in [0.1, 0.15) is 25.7 Å². The number of rotatable bonds is 3. The predicted molar refractivity (Wildman–Crippen MR) is 55.7 cm³/mol. The summed E-state index contributed by atoms with van der Waals surface area (Å²) < 4.78 is 0. The zero-order valence-corrected chi connectivity index (χ0v) is 8.07. The summed E-state index contributed by atoms with van der Waals surface area (Å²) in [7, 11) is 0. The van der Waals surface area contributed by atoms with Crippen molar-refractivity contribution < 1.29 is 4.79 Å². The van der Waals surface area contributed by atoms with E-state index in [9.17, 15) is 4.79 Å². The van der Waals surface area contributed by atoms with Crippen LogP contribution >= 0.6 is 0 Å². The molecule has 2 aliphatic carbocycles. The van der Waals surface area contributed by atoms with Crippen LogP contribution in [-0.2, 0) is 4.79 Å². The van der Waals surface area contributed by atoms with Gasteiger partial charge in [-0.15, -0.1) is 0 Å². The Hall–Kier alpha value is -1.34. The minimum Gasteiger partial charge on any atom is -0.402 e. The molecule has 0 aromatic carbocycles. The molecule has 0 radical (unpaired) electrons. The van der Waals surface area contributed by atoms with Gasteiger partial charge in [0.05, 0.1) is 6.04 Å². The maximum Gasteiger partial charge on any atom is 0.123 e. The summed E-state index contributed by atoms with van der Waals surface area (Å²) in [5.41, 5.74) is 7.58. The molecule has 0 unspecified atom stereocenters. The van der Waals surface area contributed by atoms with Crippen molar-refractivity contribution in [2.45, 2.75) is 31.7 Å². The molecule has 0 amide bonds. The van der Waals surface area contributed by atoms with Crippen molar-refractivity contribution >= 4 is 12.2 Å². The largest absolute Gasteiger partial charge is 0.402 e. The fraction of sp³-hybridized carbons (Fsp3) is 0.545. The molecule has 3 heteroatoms. The molecule has 2 aliphatic rings. The lowest BCUT2D eigenvalue weighted by Gasteiger charge is -2.21. The van der Waals surface area contributed by atoms with Gasteiger partial charge in [-0.3, -0.25) is 4.99 Å².